The van der Waals surface area contributed by atoms with Crippen molar-refractivity contribution in [3.63, 3.8) is 0 Å². The van der Waals surface area contributed by atoms with Gasteiger partial charge in [-0.05, 0) is 0 Å². The Morgan fingerprint density at radius 3 is 2.19 bits per heavy atom. The van der Waals surface area contributed by atoms with Crippen molar-refractivity contribution in [2.24, 2.45) is 0 Å². The van der Waals surface area contributed by atoms with Gasteiger partial charge in [0, 0.05) is 0 Å². The summed E-state index contributed by atoms with van der Waals surface area (Å²) < 4.78 is 13.8. The molecule has 80 valence electrons. The molecule has 0 fully saturated rings. The van der Waals surface area contributed by atoms with Crippen molar-refractivity contribution in [3.05, 3.63) is 66.0 Å². The fraction of sp³-hybridized carbons (Fsp3) is 0. The van der Waals surface area contributed by atoms with Crippen LogP contribution in [0.1, 0.15) is 10.4 Å². The van der Waals surface area contributed by atoms with Gasteiger partial charge in [0.25, 0.3) is 0 Å². The summed E-state index contributed by atoms with van der Waals surface area (Å²) in [4.78, 5) is 11.9. The Labute approximate surface area is 103 Å². The molecule has 0 amide bonds. The van der Waals surface area contributed by atoms with Crippen LogP contribution in [0.15, 0.2) is 54.6 Å². The minimum atomic E-state index is -0.923. The summed E-state index contributed by atoms with van der Waals surface area (Å²) in [6, 6.07) is 15.4. The van der Waals surface area contributed by atoms with Crippen LogP contribution in [0.25, 0.3) is 0 Å². The molecule has 0 unspecified atom stereocenters. The molecule has 0 aliphatic heterocycles. The molecule has 16 heavy (non-hydrogen) atoms. The molecule has 0 bridgehead atoms. The van der Waals surface area contributed by atoms with E-state index in [0.29, 0.717) is 0 Å². The zero-order chi connectivity index (χ0) is 11.4. The first-order chi connectivity index (χ1) is 7.75. The fourth-order valence-corrected chi connectivity index (χ4v) is 3.36. The van der Waals surface area contributed by atoms with Crippen molar-refractivity contribution < 1.29 is 9.18 Å². The molecule has 0 aliphatic carbocycles. The summed E-state index contributed by atoms with van der Waals surface area (Å²) in [6.07, 6.45) is 0. The maximum absolute atomic E-state index is 12.7. The Morgan fingerprint density at radius 1 is 0.938 bits per heavy atom. The topological polar surface area (TPSA) is 17.1 Å². The predicted octanol–water partition coefficient (Wildman–Crippen LogP) is 2.00. The van der Waals surface area contributed by atoms with Crippen LogP contribution in [0, 0.1) is 5.82 Å². The quantitative estimate of drug-likeness (QED) is 0.788. The Hall–Kier alpha value is -1.17. The Kier molecular flexibility index (Phi) is 3.71. The molecule has 0 N–H and O–H groups in total. The van der Waals surface area contributed by atoms with E-state index in [4.69, 9.17) is 0 Å². The van der Waals surface area contributed by atoms with E-state index in [1.807, 2.05) is 30.3 Å². The Morgan fingerprint density at radius 2 is 1.56 bits per heavy atom. The Balaban J connectivity index is 2.11. The zero-order valence-electron chi connectivity index (χ0n) is 8.39. The number of benzene rings is 2. The third kappa shape index (κ3) is 2.91. The molecule has 0 radical (unpaired) electrons. The van der Waals surface area contributed by atoms with Crippen molar-refractivity contribution in [3.8, 4) is 0 Å². The molecule has 0 saturated heterocycles. The molecule has 0 spiro atoms. The van der Waals surface area contributed by atoms with Gasteiger partial charge in [-0.25, -0.2) is 0 Å². The molecule has 1 nitrogen and oxygen atoms in total. The summed E-state index contributed by atoms with van der Waals surface area (Å²) in [5, 5.41) is 0. The second-order valence-electron chi connectivity index (χ2n) is 3.21. The van der Waals surface area contributed by atoms with Crippen molar-refractivity contribution in [2.45, 2.75) is 0 Å². The van der Waals surface area contributed by atoms with Gasteiger partial charge < -0.3 is 0 Å². The van der Waals surface area contributed by atoms with Gasteiger partial charge in [0.05, 0.1) is 0 Å². The van der Waals surface area contributed by atoms with Crippen LogP contribution in [0.5, 0.6) is 0 Å². The average molecular weight is 328 g/mol. The number of rotatable bonds is 3. The molecule has 3 heteroatoms. The zero-order valence-corrected chi connectivity index (χ0v) is 10.7. The molecule has 0 heterocycles. The van der Waals surface area contributed by atoms with Crippen LogP contribution in [0.4, 0.5) is 4.39 Å². The fourth-order valence-electron chi connectivity index (χ4n) is 1.24. The van der Waals surface area contributed by atoms with E-state index in [2.05, 4.69) is 0 Å². The minimum absolute atomic E-state index is 0.178. The van der Waals surface area contributed by atoms with Gasteiger partial charge >= 0.3 is 104 Å². The molecule has 2 aromatic carbocycles. The predicted molar refractivity (Wildman–Crippen MR) is 62.6 cm³/mol. The number of halogens is 1. The summed E-state index contributed by atoms with van der Waals surface area (Å²) in [7, 11) is 0. The van der Waals surface area contributed by atoms with Gasteiger partial charge in [0.1, 0.15) is 0 Å². The number of hydrogen-bond donors (Lipinski definition) is 0. The summed E-state index contributed by atoms with van der Waals surface area (Å²) in [5.41, 5.74) is 0.745. The standard InChI is InChI=1S/C13H9FOTe/c14-11-6-8-12(9-7-11)16-13(15)10-4-2-1-3-5-10/h1-9H. The van der Waals surface area contributed by atoms with Gasteiger partial charge in [-0.3, -0.25) is 0 Å². The van der Waals surface area contributed by atoms with Gasteiger partial charge in [-0.1, -0.05) is 0 Å². The SMILES string of the molecule is O=C([Te]c1ccc(F)cc1)c1ccccc1. The summed E-state index contributed by atoms with van der Waals surface area (Å²) in [5.74, 6) is -0.261. The van der Waals surface area contributed by atoms with E-state index in [1.54, 1.807) is 12.1 Å². The molecule has 0 aromatic heterocycles. The van der Waals surface area contributed by atoms with Crippen LogP contribution >= 0.6 is 0 Å². The van der Waals surface area contributed by atoms with E-state index in [0.717, 1.165) is 9.17 Å². The third-order valence-corrected chi connectivity index (χ3v) is 4.69. The number of carbonyl (C=O) groups is 1. The first-order valence-corrected chi connectivity index (χ1v) is 7.11. The van der Waals surface area contributed by atoms with Gasteiger partial charge in [0.15, 0.2) is 0 Å². The molecule has 2 aromatic rings. The second-order valence-corrected chi connectivity index (χ2v) is 6.20. The van der Waals surface area contributed by atoms with E-state index >= 15 is 0 Å². The van der Waals surface area contributed by atoms with Crippen LogP contribution in [0.3, 0.4) is 0 Å². The number of carbonyl (C=O) groups excluding carboxylic acids is 1. The van der Waals surface area contributed by atoms with E-state index in [-0.39, 0.29) is 9.65 Å². The Bertz CT molecular complexity index is 479. The summed E-state index contributed by atoms with van der Waals surface area (Å²) >= 11 is -0.923. The molecule has 2 rings (SSSR count). The summed E-state index contributed by atoms with van der Waals surface area (Å²) in [6.45, 7) is 0. The number of hydrogen-bond acceptors (Lipinski definition) is 1. The van der Waals surface area contributed by atoms with Crippen LogP contribution in [-0.4, -0.2) is 24.8 Å². The molecule has 0 saturated carbocycles. The van der Waals surface area contributed by atoms with Crippen molar-refractivity contribution >= 4 is 28.4 Å². The third-order valence-electron chi connectivity index (χ3n) is 2.03. The van der Waals surface area contributed by atoms with Crippen LogP contribution in [-0.2, 0) is 0 Å². The van der Waals surface area contributed by atoms with Crippen LogP contribution < -0.4 is 3.61 Å². The van der Waals surface area contributed by atoms with Gasteiger partial charge in [-0.15, -0.1) is 0 Å². The molecule has 0 atom stereocenters. The van der Waals surface area contributed by atoms with Crippen molar-refractivity contribution in [1.29, 1.82) is 0 Å². The normalized spacial score (nSPS) is 10.1. The molecular formula is C13H9FOTe. The van der Waals surface area contributed by atoms with E-state index in [9.17, 15) is 9.18 Å². The van der Waals surface area contributed by atoms with Gasteiger partial charge in [-0.2, -0.15) is 0 Å². The second kappa shape index (κ2) is 5.25. The van der Waals surface area contributed by atoms with Gasteiger partial charge in [0.2, 0.25) is 0 Å². The van der Waals surface area contributed by atoms with Crippen molar-refractivity contribution in [1.82, 2.24) is 0 Å². The average Bonchev–Trinajstić information content (AvgIpc) is 2.33. The molecular weight excluding hydrogens is 319 g/mol. The first-order valence-electron chi connectivity index (χ1n) is 4.78. The first kappa shape index (κ1) is 11.3. The monoisotopic (exact) mass is 330 g/mol. The molecule has 0 aliphatic rings. The van der Waals surface area contributed by atoms with Crippen molar-refractivity contribution in [2.75, 3.05) is 0 Å². The maximum atomic E-state index is 12.7. The van der Waals surface area contributed by atoms with Crippen LogP contribution in [0.2, 0.25) is 0 Å². The van der Waals surface area contributed by atoms with E-state index < -0.39 is 20.9 Å². The van der Waals surface area contributed by atoms with E-state index in [1.165, 1.54) is 12.1 Å².